The van der Waals surface area contributed by atoms with Crippen LogP contribution in [-0.2, 0) is 5.41 Å². The summed E-state index contributed by atoms with van der Waals surface area (Å²) in [5, 5.41) is 3.45. The van der Waals surface area contributed by atoms with E-state index >= 15 is 0 Å². The lowest BCUT2D eigenvalue weighted by Crippen LogP contribution is -2.24. The minimum Gasteiger partial charge on any atom is -0.457 e. The van der Waals surface area contributed by atoms with Crippen molar-refractivity contribution in [3.05, 3.63) is 145 Å². The number of pyridine rings is 3. The van der Waals surface area contributed by atoms with E-state index in [2.05, 4.69) is 120 Å². The highest BCUT2D eigenvalue weighted by atomic mass is 16.5. The van der Waals surface area contributed by atoms with Crippen LogP contribution in [0, 0.1) is 0 Å². The number of hydrogen-bond donors (Lipinski definition) is 0. The SMILES string of the molecule is CC(C)(C)c1ccnc(-n2c3ccccc3c3ccc(Oc4cccc(N5CN(c6ccc7ccccc7n6)c6cccnc65)c4)cc32)c1. The highest BCUT2D eigenvalue weighted by Gasteiger charge is 2.30. The highest BCUT2D eigenvalue weighted by Crippen LogP contribution is 2.43. The molecule has 0 bridgehead atoms. The smallest absolute Gasteiger partial charge is 0.158 e. The molecule has 4 aromatic heterocycles. The molecule has 8 aromatic rings. The number of para-hydroxylation sites is 2. The van der Waals surface area contributed by atoms with Gasteiger partial charge < -0.3 is 14.5 Å². The predicted molar refractivity (Wildman–Crippen MR) is 199 cm³/mol. The number of aromatic nitrogens is 4. The van der Waals surface area contributed by atoms with Gasteiger partial charge in [-0.3, -0.25) is 4.57 Å². The van der Waals surface area contributed by atoms with Gasteiger partial charge in [0.15, 0.2) is 5.82 Å². The summed E-state index contributed by atoms with van der Waals surface area (Å²) < 4.78 is 8.83. The van der Waals surface area contributed by atoms with E-state index in [0.29, 0.717) is 6.67 Å². The Balaban J connectivity index is 1.07. The Kier molecular flexibility index (Phi) is 6.62. The van der Waals surface area contributed by atoms with Gasteiger partial charge in [-0.25, -0.2) is 15.0 Å². The zero-order valence-corrected chi connectivity index (χ0v) is 27.6. The van der Waals surface area contributed by atoms with Gasteiger partial charge in [0.1, 0.15) is 29.8 Å². The highest BCUT2D eigenvalue weighted by molar-refractivity contribution is 6.09. The van der Waals surface area contributed by atoms with Crippen LogP contribution in [0.4, 0.5) is 23.0 Å². The molecule has 0 saturated carbocycles. The fourth-order valence-corrected chi connectivity index (χ4v) is 6.82. The minimum absolute atomic E-state index is 0.00410. The topological polar surface area (TPSA) is 59.3 Å². The molecule has 7 nitrogen and oxygen atoms in total. The van der Waals surface area contributed by atoms with Crippen LogP contribution in [0.2, 0.25) is 0 Å². The molecule has 7 heteroatoms. The fourth-order valence-electron chi connectivity index (χ4n) is 6.82. The van der Waals surface area contributed by atoms with Crippen molar-refractivity contribution >= 4 is 55.7 Å². The summed E-state index contributed by atoms with van der Waals surface area (Å²) in [5.74, 6) is 4.15. The molecule has 1 aliphatic rings. The molecule has 0 radical (unpaired) electrons. The van der Waals surface area contributed by atoms with E-state index < -0.39 is 0 Å². The maximum Gasteiger partial charge on any atom is 0.158 e. The average Bonchev–Trinajstić information content (AvgIpc) is 3.67. The fraction of sp³-hybridized carbons (Fsp3) is 0.119. The average molecular weight is 639 g/mol. The molecule has 4 aromatic carbocycles. The molecule has 5 heterocycles. The molecule has 0 unspecified atom stereocenters. The van der Waals surface area contributed by atoms with Crippen molar-refractivity contribution in [2.75, 3.05) is 16.5 Å². The van der Waals surface area contributed by atoms with Gasteiger partial charge in [-0.2, -0.15) is 0 Å². The van der Waals surface area contributed by atoms with Crippen molar-refractivity contribution in [2.24, 2.45) is 0 Å². The van der Waals surface area contributed by atoms with Crippen LogP contribution >= 0.6 is 0 Å². The number of nitrogens with zero attached hydrogens (tertiary/aromatic N) is 6. The number of rotatable bonds is 5. The summed E-state index contributed by atoms with van der Waals surface area (Å²) in [6.07, 6.45) is 3.74. The summed E-state index contributed by atoms with van der Waals surface area (Å²) in [5.41, 5.74) is 6.36. The van der Waals surface area contributed by atoms with Gasteiger partial charge >= 0.3 is 0 Å². The molecule has 0 atom stereocenters. The Morgan fingerprint density at radius 2 is 1.45 bits per heavy atom. The van der Waals surface area contributed by atoms with Gasteiger partial charge in [0.05, 0.1) is 22.2 Å². The van der Waals surface area contributed by atoms with Crippen LogP contribution in [0.15, 0.2) is 140 Å². The largest absolute Gasteiger partial charge is 0.457 e. The molecular weight excluding hydrogens is 605 g/mol. The van der Waals surface area contributed by atoms with E-state index in [1.165, 1.54) is 10.9 Å². The second-order valence-electron chi connectivity index (χ2n) is 13.5. The summed E-state index contributed by atoms with van der Waals surface area (Å²) in [7, 11) is 0. The zero-order valence-electron chi connectivity index (χ0n) is 27.6. The Morgan fingerprint density at radius 3 is 2.37 bits per heavy atom. The molecule has 0 fully saturated rings. The molecular formula is C42H34N6O. The molecule has 9 rings (SSSR count). The van der Waals surface area contributed by atoms with Crippen molar-refractivity contribution in [2.45, 2.75) is 26.2 Å². The van der Waals surface area contributed by atoms with Crippen LogP contribution < -0.4 is 14.5 Å². The summed E-state index contributed by atoms with van der Waals surface area (Å²) in [6.45, 7) is 7.26. The molecule has 0 aliphatic carbocycles. The van der Waals surface area contributed by atoms with Crippen LogP contribution in [0.1, 0.15) is 26.3 Å². The third-order valence-corrected chi connectivity index (χ3v) is 9.31. The Hall–Kier alpha value is -6.21. The normalized spacial score (nSPS) is 13.0. The monoisotopic (exact) mass is 638 g/mol. The van der Waals surface area contributed by atoms with Gasteiger partial charge in [-0.05, 0) is 83.8 Å². The Morgan fingerprint density at radius 1 is 0.612 bits per heavy atom. The maximum absolute atomic E-state index is 6.59. The first-order chi connectivity index (χ1) is 23.9. The van der Waals surface area contributed by atoms with Crippen molar-refractivity contribution in [3.63, 3.8) is 0 Å². The van der Waals surface area contributed by atoms with Crippen molar-refractivity contribution < 1.29 is 4.74 Å². The Bertz CT molecular complexity index is 2530. The van der Waals surface area contributed by atoms with Gasteiger partial charge in [-0.1, -0.05) is 63.2 Å². The number of anilines is 4. The second-order valence-corrected chi connectivity index (χ2v) is 13.5. The van der Waals surface area contributed by atoms with E-state index in [1.54, 1.807) is 0 Å². The van der Waals surface area contributed by atoms with Crippen LogP contribution in [0.25, 0.3) is 38.5 Å². The quantitative estimate of drug-likeness (QED) is 0.187. The van der Waals surface area contributed by atoms with Crippen molar-refractivity contribution in [3.8, 4) is 17.3 Å². The lowest BCUT2D eigenvalue weighted by molar-refractivity contribution is 0.483. The molecule has 1 aliphatic heterocycles. The number of fused-ring (bicyclic) bond motifs is 5. The van der Waals surface area contributed by atoms with Gasteiger partial charge in [-0.15, -0.1) is 0 Å². The minimum atomic E-state index is 0.00410. The van der Waals surface area contributed by atoms with Gasteiger partial charge in [0.2, 0.25) is 0 Å². The van der Waals surface area contributed by atoms with Gasteiger partial charge in [0.25, 0.3) is 0 Å². The summed E-state index contributed by atoms with van der Waals surface area (Å²) >= 11 is 0. The van der Waals surface area contributed by atoms with E-state index in [4.69, 9.17) is 19.7 Å². The van der Waals surface area contributed by atoms with Crippen LogP contribution in [-0.4, -0.2) is 26.2 Å². The van der Waals surface area contributed by atoms with E-state index in [1.807, 2.05) is 54.9 Å². The third-order valence-electron chi connectivity index (χ3n) is 9.31. The molecule has 238 valence electrons. The molecule has 0 N–H and O–H groups in total. The first-order valence-electron chi connectivity index (χ1n) is 16.5. The number of benzene rings is 4. The number of hydrogen-bond acceptors (Lipinski definition) is 6. The third kappa shape index (κ3) is 5.02. The zero-order chi connectivity index (χ0) is 33.1. The number of ether oxygens (including phenoxy) is 1. The lowest BCUT2D eigenvalue weighted by Gasteiger charge is -2.21. The first-order valence-corrected chi connectivity index (χ1v) is 16.5. The molecule has 0 spiro atoms. The molecule has 0 amide bonds. The van der Waals surface area contributed by atoms with Crippen LogP contribution in [0.5, 0.6) is 11.5 Å². The Labute approximate surface area is 284 Å². The molecule has 0 saturated heterocycles. The lowest BCUT2D eigenvalue weighted by atomic mass is 9.88. The first kappa shape index (κ1) is 29.0. The second kappa shape index (κ2) is 11.2. The van der Waals surface area contributed by atoms with E-state index in [-0.39, 0.29) is 5.41 Å². The predicted octanol–water partition coefficient (Wildman–Crippen LogP) is 10.5. The molecule has 49 heavy (non-hydrogen) atoms. The van der Waals surface area contributed by atoms with Gasteiger partial charge in [0, 0.05) is 46.4 Å². The maximum atomic E-state index is 6.59. The van der Waals surface area contributed by atoms with Crippen molar-refractivity contribution in [1.82, 2.24) is 19.5 Å². The van der Waals surface area contributed by atoms with E-state index in [0.717, 1.165) is 67.6 Å². The summed E-state index contributed by atoms with van der Waals surface area (Å²) in [6, 6.07) is 43.8. The van der Waals surface area contributed by atoms with E-state index in [9.17, 15) is 0 Å². The standard InChI is InChI=1S/C42H34N6O/c1-42(2,3)29-21-23-43-40(24-29)48-36-15-7-5-13-33(36)34-19-18-32(26-38(34)48)49-31-12-8-11-30(25-31)46-27-47(37-16-9-22-44-41(37)46)39-20-17-28-10-4-6-14-35(28)45-39/h4-26H,27H2,1-3H3. The summed E-state index contributed by atoms with van der Waals surface area (Å²) in [4.78, 5) is 19.0. The van der Waals surface area contributed by atoms with Crippen LogP contribution in [0.3, 0.4) is 0 Å². The van der Waals surface area contributed by atoms with Crippen molar-refractivity contribution in [1.29, 1.82) is 0 Å².